The van der Waals surface area contributed by atoms with E-state index in [1.54, 1.807) is 13.8 Å². The Morgan fingerprint density at radius 1 is 1.31 bits per heavy atom. The number of rotatable bonds is 5. The summed E-state index contributed by atoms with van der Waals surface area (Å²) in [6.45, 7) is 5.93. The average Bonchev–Trinajstić information content (AvgIpc) is 2.92. The maximum absolute atomic E-state index is 12.9. The van der Waals surface area contributed by atoms with E-state index in [4.69, 9.17) is 9.73 Å². The van der Waals surface area contributed by atoms with Crippen LogP contribution >= 0.6 is 11.3 Å². The highest BCUT2D eigenvalue weighted by Gasteiger charge is 2.29. The van der Waals surface area contributed by atoms with E-state index >= 15 is 0 Å². The summed E-state index contributed by atoms with van der Waals surface area (Å²) in [5.41, 5.74) is 1.93. The molecule has 0 amide bonds. The minimum atomic E-state index is -0.385. The number of aromatic nitrogens is 1. The number of hydrogen-bond donors (Lipinski definition) is 0. The van der Waals surface area contributed by atoms with E-state index in [-0.39, 0.29) is 17.6 Å². The second-order valence-corrected chi connectivity index (χ2v) is 7.11. The summed E-state index contributed by atoms with van der Waals surface area (Å²) in [5, 5.41) is 0. The zero-order valence-corrected chi connectivity index (χ0v) is 16.0. The highest BCUT2D eigenvalue weighted by molar-refractivity contribution is 7.07. The van der Waals surface area contributed by atoms with Crippen molar-refractivity contribution in [3.8, 4) is 0 Å². The Morgan fingerprint density at radius 2 is 2.04 bits per heavy atom. The first-order chi connectivity index (χ1) is 12.6. The number of esters is 1. The van der Waals surface area contributed by atoms with E-state index in [0.717, 1.165) is 18.4 Å². The molecule has 2 aromatic rings. The highest BCUT2D eigenvalue weighted by atomic mass is 32.1. The minimum absolute atomic E-state index is 0.146. The molecule has 0 spiro atoms. The van der Waals surface area contributed by atoms with Gasteiger partial charge >= 0.3 is 5.97 Å². The Morgan fingerprint density at radius 3 is 2.69 bits per heavy atom. The van der Waals surface area contributed by atoms with Gasteiger partial charge < -0.3 is 4.74 Å². The van der Waals surface area contributed by atoms with Crippen molar-refractivity contribution in [1.29, 1.82) is 0 Å². The quantitative estimate of drug-likeness (QED) is 0.759. The van der Waals surface area contributed by atoms with Crippen LogP contribution in [-0.2, 0) is 9.53 Å². The fourth-order valence-electron chi connectivity index (χ4n) is 3.09. The molecule has 1 aromatic carbocycles. The van der Waals surface area contributed by atoms with E-state index in [0.29, 0.717) is 27.2 Å². The molecule has 0 bridgehead atoms. The van der Waals surface area contributed by atoms with Crippen LogP contribution in [0.25, 0.3) is 11.8 Å². The number of hydrogen-bond acceptors (Lipinski definition) is 5. The van der Waals surface area contributed by atoms with Crippen LogP contribution in [-0.4, -0.2) is 23.2 Å². The second-order valence-electron chi connectivity index (χ2n) is 6.10. The maximum atomic E-state index is 12.9. The van der Waals surface area contributed by atoms with Crippen LogP contribution in [0.5, 0.6) is 0 Å². The SMILES string of the molecule is CCC[C@H]1N=c2s/c(=C\c3ccccc3)c(=O)n2C(C)=C1C(=O)OCC. The number of fused-ring (bicyclic) bond motifs is 1. The summed E-state index contributed by atoms with van der Waals surface area (Å²) in [4.78, 5) is 30.7. The number of thiazole rings is 1. The predicted octanol–water partition coefficient (Wildman–Crippen LogP) is 2.33. The molecule has 6 heteroatoms. The summed E-state index contributed by atoms with van der Waals surface area (Å²) in [5.74, 6) is -0.385. The van der Waals surface area contributed by atoms with Gasteiger partial charge in [-0.3, -0.25) is 9.36 Å². The normalized spacial score (nSPS) is 17.0. The van der Waals surface area contributed by atoms with E-state index < -0.39 is 0 Å². The van der Waals surface area contributed by atoms with E-state index in [1.807, 2.05) is 36.4 Å². The zero-order valence-electron chi connectivity index (χ0n) is 15.2. The molecule has 1 aliphatic heterocycles. The van der Waals surface area contributed by atoms with Gasteiger partial charge in [-0.25, -0.2) is 9.79 Å². The number of allylic oxidation sites excluding steroid dienone is 1. The minimum Gasteiger partial charge on any atom is -0.463 e. The molecule has 0 unspecified atom stereocenters. The Kier molecular flexibility index (Phi) is 5.52. The molecular formula is C20H22N2O3S. The van der Waals surface area contributed by atoms with Gasteiger partial charge in [0, 0.05) is 5.70 Å². The molecule has 0 saturated carbocycles. The molecule has 26 heavy (non-hydrogen) atoms. The highest BCUT2D eigenvalue weighted by Crippen LogP contribution is 2.22. The molecule has 0 saturated heterocycles. The van der Waals surface area contributed by atoms with Crippen molar-refractivity contribution in [3.05, 3.63) is 61.2 Å². The molecule has 1 aliphatic rings. The maximum Gasteiger partial charge on any atom is 0.337 e. The molecule has 0 fully saturated rings. The van der Waals surface area contributed by atoms with E-state index in [9.17, 15) is 9.59 Å². The van der Waals surface area contributed by atoms with Gasteiger partial charge in [0.25, 0.3) is 5.56 Å². The van der Waals surface area contributed by atoms with Crippen LogP contribution in [0.2, 0.25) is 0 Å². The first-order valence-corrected chi connectivity index (χ1v) is 9.63. The molecule has 0 aliphatic carbocycles. The van der Waals surface area contributed by atoms with Crippen molar-refractivity contribution in [2.45, 2.75) is 39.7 Å². The summed E-state index contributed by atoms with van der Waals surface area (Å²) >= 11 is 1.36. The van der Waals surface area contributed by atoms with Crippen LogP contribution in [0.3, 0.4) is 0 Å². The lowest BCUT2D eigenvalue weighted by Crippen LogP contribution is -2.37. The van der Waals surface area contributed by atoms with Crippen molar-refractivity contribution >= 4 is 29.1 Å². The molecule has 0 radical (unpaired) electrons. The molecule has 2 heterocycles. The first kappa shape index (κ1) is 18.3. The fraction of sp³-hybridized carbons (Fsp3) is 0.350. The van der Waals surface area contributed by atoms with Gasteiger partial charge in [0.05, 0.1) is 22.8 Å². The van der Waals surface area contributed by atoms with Crippen LogP contribution in [0, 0.1) is 0 Å². The summed E-state index contributed by atoms with van der Waals surface area (Å²) in [7, 11) is 0. The lowest BCUT2D eigenvalue weighted by molar-refractivity contribution is -0.138. The fourth-order valence-corrected chi connectivity index (χ4v) is 4.15. The average molecular weight is 370 g/mol. The van der Waals surface area contributed by atoms with Crippen LogP contribution in [0.1, 0.15) is 39.2 Å². The van der Waals surface area contributed by atoms with Crippen molar-refractivity contribution in [2.24, 2.45) is 4.99 Å². The Labute approximate surface area is 156 Å². The molecular weight excluding hydrogens is 348 g/mol. The third-order valence-electron chi connectivity index (χ3n) is 4.29. The van der Waals surface area contributed by atoms with Gasteiger partial charge in [-0.15, -0.1) is 0 Å². The van der Waals surface area contributed by atoms with Crippen LogP contribution < -0.4 is 14.9 Å². The zero-order chi connectivity index (χ0) is 18.7. The molecule has 5 nitrogen and oxygen atoms in total. The first-order valence-electron chi connectivity index (χ1n) is 8.81. The topological polar surface area (TPSA) is 60.7 Å². The molecule has 0 N–H and O–H groups in total. The largest absolute Gasteiger partial charge is 0.463 e. The number of carbonyl (C=O) groups excluding carboxylic acids is 1. The van der Waals surface area contributed by atoms with Gasteiger partial charge in [0.1, 0.15) is 0 Å². The van der Waals surface area contributed by atoms with E-state index in [1.165, 1.54) is 15.9 Å². The Balaban J connectivity index is 2.20. The number of nitrogens with zero attached hydrogens (tertiary/aromatic N) is 2. The van der Waals surface area contributed by atoms with Gasteiger partial charge in [-0.2, -0.15) is 0 Å². The number of carbonyl (C=O) groups is 1. The van der Waals surface area contributed by atoms with E-state index in [2.05, 4.69) is 6.92 Å². The molecule has 1 atom stereocenters. The van der Waals surface area contributed by atoms with Crippen molar-refractivity contribution in [1.82, 2.24) is 4.57 Å². The van der Waals surface area contributed by atoms with Crippen molar-refractivity contribution in [3.63, 3.8) is 0 Å². The van der Waals surface area contributed by atoms with Gasteiger partial charge in [-0.1, -0.05) is 55.0 Å². The predicted molar refractivity (Wildman–Crippen MR) is 104 cm³/mol. The molecule has 1 aromatic heterocycles. The molecule has 3 rings (SSSR count). The molecule has 136 valence electrons. The standard InChI is InChI=1S/C20H22N2O3S/c1-4-9-15-17(19(24)25-5-2)13(3)22-18(23)16(26-20(22)21-15)12-14-10-7-6-8-11-14/h6-8,10-12,15H,4-5,9H2,1-3H3/b16-12-/t15-/m1/s1. The lowest BCUT2D eigenvalue weighted by atomic mass is 10.00. The third-order valence-corrected chi connectivity index (χ3v) is 5.27. The monoisotopic (exact) mass is 370 g/mol. The van der Waals surface area contributed by atoms with Crippen molar-refractivity contribution < 1.29 is 9.53 Å². The number of ether oxygens (including phenoxy) is 1. The Hall–Kier alpha value is -2.47. The Bertz CT molecular complexity index is 1020. The summed E-state index contributed by atoms with van der Waals surface area (Å²) < 4.78 is 7.35. The smallest absolute Gasteiger partial charge is 0.337 e. The lowest BCUT2D eigenvalue weighted by Gasteiger charge is -2.21. The van der Waals surface area contributed by atoms with Crippen molar-refractivity contribution in [2.75, 3.05) is 6.61 Å². The van der Waals surface area contributed by atoms with Crippen LogP contribution in [0.15, 0.2) is 45.7 Å². The third kappa shape index (κ3) is 3.42. The van der Waals surface area contributed by atoms with Crippen LogP contribution in [0.4, 0.5) is 0 Å². The number of benzene rings is 1. The summed E-state index contributed by atoms with van der Waals surface area (Å²) in [6, 6.07) is 9.44. The second kappa shape index (κ2) is 7.83. The van der Waals surface area contributed by atoms with Gasteiger partial charge in [0.15, 0.2) is 4.80 Å². The van der Waals surface area contributed by atoms with Gasteiger partial charge in [0.2, 0.25) is 0 Å². The summed E-state index contributed by atoms with van der Waals surface area (Å²) in [6.07, 6.45) is 3.50. The van der Waals surface area contributed by atoms with Gasteiger partial charge in [-0.05, 0) is 31.9 Å².